The van der Waals surface area contributed by atoms with Crippen LogP contribution in [0.1, 0.15) is 31.8 Å². The molecule has 0 spiro atoms. The molecule has 2 aromatic rings. The minimum Gasteiger partial charge on any atom is -0.259 e. The highest BCUT2D eigenvalue weighted by atomic mass is 35.6. The van der Waals surface area contributed by atoms with Gasteiger partial charge in [-0.15, -0.1) is 0 Å². The Hall–Kier alpha value is -1.26. The first-order valence-corrected chi connectivity index (χ1v) is 10.1. The molecular formula is C18H14AlCl. The van der Waals surface area contributed by atoms with Crippen molar-refractivity contribution >= 4 is 35.4 Å². The maximum atomic E-state index is 6.99. The van der Waals surface area contributed by atoms with Crippen LogP contribution >= 0.6 is 10.0 Å². The lowest BCUT2D eigenvalue weighted by Crippen LogP contribution is -2.22. The summed E-state index contributed by atoms with van der Waals surface area (Å²) in [6, 6.07) is 17.3. The molecule has 2 aliphatic rings. The molecule has 4 rings (SSSR count). The molecule has 2 atom stereocenters. The van der Waals surface area contributed by atoms with Crippen LogP contribution in [0.15, 0.2) is 60.7 Å². The summed E-state index contributed by atoms with van der Waals surface area (Å²) in [4.78, 5) is 0. The molecule has 0 N–H and O–H groups in total. The summed E-state index contributed by atoms with van der Waals surface area (Å²) >= 11 is -1.48. The molecule has 2 unspecified atom stereocenters. The Morgan fingerprint density at radius 2 is 1.15 bits per heavy atom. The van der Waals surface area contributed by atoms with Gasteiger partial charge in [-0.1, -0.05) is 72.8 Å². The highest BCUT2D eigenvalue weighted by Crippen LogP contribution is 2.41. The number of fused-ring (bicyclic) bond motifs is 2. The predicted molar refractivity (Wildman–Crippen MR) is 88.0 cm³/mol. The van der Waals surface area contributed by atoms with Gasteiger partial charge in [0.05, 0.1) is 0 Å². The van der Waals surface area contributed by atoms with Crippen molar-refractivity contribution in [2.24, 2.45) is 0 Å². The van der Waals surface area contributed by atoms with Gasteiger partial charge in [-0.2, -0.15) is 0 Å². The molecule has 0 aromatic heterocycles. The fourth-order valence-corrected chi connectivity index (χ4v) is 7.04. The van der Waals surface area contributed by atoms with Crippen molar-refractivity contribution in [3.05, 3.63) is 82.9 Å². The number of benzene rings is 2. The fraction of sp³-hybridized carbons (Fsp3) is 0.111. The Morgan fingerprint density at radius 3 is 1.65 bits per heavy atom. The van der Waals surface area contributed by atoms with E-state index in [-0.39, 0.29) is 0 Å². The van der Waals surface area contributed by atoms with Crippen molar-refractivity contribution in [1.29, 1.82) is 0 Å². The predicted octanol–water partition coefficient (Wildman–Crippen LogP) is 4.92. The van der Waals surface area contributed by atoms with Crippen molar-refractivity contribution in [3.8, 4) is 0 Å². The Bertz CT molecular complexity index is 655. The van der Waals surface area contributed by atoms with Crippen LogP contribution in [0.4, 0.5) is 0 Å². The molecule has 0 saturated carbocycles. The van der Waals surface area contributed by atoms with E-state index in [1.807, 2.05) is 0 Å². The quantitative estimate of drug-likeness (QED) is 0.690. The van der Waals surface area contributed by atoms with Crippen LogP contribution in [0, 0.1) is 0 Å². The van der Waals surface area contributed by atoms with Crippen LogP contribution in [-0.2, 0) is 0 Å². The van der Waals surface area contributed by atoms with Gasteiger partial charge in [-0.3, -0.25) is 10.0 Å². The zero-order chi connectivity index (χ0) is 13.5. The summed E-state index contributed by atoms with van der Waals surface area (Å²) < 4.78 is 0.877. The van der Waals surface area contributed by atoms with Gasteiger partial charge < -0.3 is 0 Å². The van der Waals surface area contributed by atoms with Gasteiger partial charge in [0.1, 0.15) is 0 Å². The normalized spacial score (nSPS) is 21.9. The third-order valence-corrected chi connectivity index (χ3v) is 8.53. The third-order valence-electron chi connectivity index (χ3n) is 4.36. The van der Waals surface area contributed by atoms with Crippen molar-refractivity contribution in [2.45, 2.75) is 9.56 Å². The number of hydrogen-bond donors (Lipinski definition) is 0. The summed E-state index contributed by atoms with van der Waals surface area (Å²) in [6.45, 7) is 0. The molecule has 0 bridgehead atoms. The fourth-order valence-electron chi connectivity index (χ4n) is 3.33. The first-order chi connectivity index (χ1) is 9.84. The van der Waals surface area contributed by atoms with E-state index in [4.69, 9.17) is 10.0 Å². The summed E-state index contributed by atoms with van der Waals surface area (Å²) in [5, 5.41) is 0. The Balaban J connectivity index is 1.69. The molecule has 2 heteroatoms. The van der Waals surface area contributed by atoms with Crippen LogP contribution < -0.4 is 0 Å². The van der Waals surface area contributed by atoms with Crippen LogP contribution in [0.3, 0.4) is 0 Å². The molecule has 0 saturated heterocycles. The third kappa shape index (κ3) is 1.90. The maximum absolute atomic E-state index is 6.99. The summed E-state index contributed by atoms with van der Waals surface area (Å²) in [7, 11) is 6.99. The largest absolute Gasteiger partial charge is 0.423 e. The molecule has 2 aliphatic carbocycles. The number of halogens is 1. The highest BCUT2D eigenvalue weighted by molar-refractivity contribution is 7.08. The van der Waals surface area contributed by atoms with Gasteiger partial charge in [-0.25, -0.2) is 0 Å². The molecule has 0 heterocycles. The zero-order valence-electron chi connectivity index (χ0n) is 11.0. The lowest BCUT2D eigenvalue weighted by Gasteiger charge is -2.19. The Kier molecular flexibility index (Phi) is 3.08. The van der Waals surface area contributed by atoms with Crippen molar-refractivity contribution in [2.75, 3.05) is 0 Å². The average Bonchev–Trinajstić information content (AvgIpc) is 3.11. The van der Waals surface area contributed by atoms with Crippen LogP contribution in [0.2, 0.25) is 0 Å². The highest BCUT2D eigenvalue weighted by Gasteiger charge is 2.39. The van der Waals surface area contributed by atoms with E-state index in [9.17, 15) is 0 Å². The zero-order valence-corrected chi connectivity index (χ0v) is 12.9. The Labute approximate surface area is 128 Å². The number of rotatable bonds is 2. The first-order valence-electron chi connectivity index (χ1n) is 7.03. The lowest BCUT2D eigenvalue weighted by molar-refractivity contribution is 1.12. The molecule has 96 valence electrons. The number of allylic oxidation sites excluding steroid dienone is 2. The van der Waals surface area contributed by atoms with Gasteiger partial charge in [0, 0.05) is 0 Å². The molecule has 20 heavy (non-hydrogen) atoms. The molecule has 0 amide bonds. The summed E-state index contributed by atoms with van der Waals surface area (Å²) in [6.07, 6.45) is 9.08. The van der Waals surface area contributed by atoms with Crippen molar-refractivity contribution < 1.29 is 0 Å². The van der Waals surface area contributed by atoms with Crippen molar-refractivity contribution in [1.82, 2.24) is 0 Å². The van der Waals surface area contributed by atoms with Crippen LogP contribution in [0.25, 0.3) is 12.2 Å². The summed E-state index contributed by atoms with van der Waals surface area (Å²) in [5.41, 5.74) is 5.51. The van der Waals surface area contributed by atoms with E-state index < -0.39 is 13.2 Å². The van der Waals surface area contributed by atoms with E-state index in [2.05, 4.69) is 72.8 Å². The van der Waals surface area contributed by atoms with E-state index in [1.54, 1.807) is 0 Å². The second-order valence-corrected chi connectivity index (χ2v) is 9.31. The molecular weight excluding hydrogens is 279 g/mol. The molecule has 2 aromatic carbocycles. The molecule has 0 radical (unpaired) electrons. The van der Waals surface area contributed by atoms with Gasteiger partial charge in [0.2, 0.25) is 0 Å². The van der Waals surface area contributed by atoms with Crippen molar-refractivity contribution in [3.63, 3.8) is 0 Å². The van der Waals surface area contributed by atoms with Crippen LogP contribution in [0.5, 0.6) is 0 Å². The van der Waals surface area contributed by atoms with Gasteiger partial charge in [-0.05, 0) is 31.8 Å². The lowest BCUT2D eigenvalue weighted by atomic mass is 10.1. The smallest absolute Gasteiger partial charge is 0.259 e. The maximum Gasteiger partial charge on any atom is 0.423 e. The van der Waals surface area contributed by atoms with Crippen LogP contribution in [-0.4, -0.2) is 13.2 Å². The second-order valence-electron chi connectivity index (χ2n) is 5.47. The number of hydrogen-bond acceptors (Lipinski definition) is 0. The average molecular weight is 293 g/mol. The molecule has 0 fully saturated rings. The van der Waals surface area contributed by atoms with Gasteiger partial charge in [0.25, 0.3) is 0 Å². The summed E-state index contributed by atoms with van der Waals surface area (Å²) in [5.74, 6) is 0. The van der Waals surface area contributed by atoms with E-state index >= 15 is 0 Å². The minimum absolute atomic E-state index is 0.439. The Morgan fingerprint density at radius 1 is 0.700 bits per heavy atom. The van der Waals surface area contributed by atoms with E-state index in [0.29, 0.717) is 9.56 Å². The topological polar surface area (TPSA) is 0 Å². The van der Waals surface area contributed by atoms with Gasteiger partial charge in [0.15, 0.2) is 0 Å². The first kappa shape index (κ1) is 12.5. The molecule has 0 aliphatic heterocycles. The van der Waals surface area contributed by atoms with E-state index in [0.717, 1.165) is 0 Å². The van der Waals surface area contributed by atoms with E-state index in [1.165, 1.54) is 22.3 Å². The monoisotopic (exact) mass is 292 g/mol. The second kappa shape index (κ2) is 4.94. The molecule has 0 nitrogen and oxygen atoms in total. The standard InChI is InChI=1S/2C9H7.Al.ClH/c2*1-2-5-9-7-3-6-8(9)4-1;;/h2*1-7H;;1H/q;;+1;/p-1. The van der Waals surface area contributed by atoms with Gasteiger partial charge >= 0.3 is 13.2 Å². The minimum atomic E-state index is -1.48. The SMILES string of the molecule is [Cl][Al]([CH]1C=Cc2ccccc21)[CH]1C=Cc2ccccc21.